The number of aromatic nitrogens is 2. The Morgan fingerprint density at radius 3 is 2.69 bits per heavy atom. The Morgan fingerprint density at radius 1 is 1.54 bits per heavy atom. The largest absolute Gasteiger partial charge is 0.354 e. The Kier molecular flexibility index (Phi) is 2.66. The Balaban J connectivity index is 1.84. The molecule has 1 aliphatic rings. The lowest BCUT2D eigenvalue weighted by molar-refractivity contribution is 0.780. The van der Waals surface area contributed by atoms with E-state index in [2.05, 4.69) is 44.8 Å². The molecule has 1 saturated carbocycles. The molecule has 0 saturated heterocycles. The van der Waals surface area contributed by atoms with Gasteiger partial charge in [0.1, 0.15) is 0 Å². The average Bonchev–Trinajstić information content (AvgIpc) is 2.81. The van der Waals surface area contributed by atoms with E-state index in [0.717, 1.165) is 27.9 Å². The summed E-state index contributed by atoms with van der Waals surface area (Å²) in [7, 11) is 0. The fraction of sp³-hybridized carbons (Fsp3) is 0.556. The molecule has 0 amide bonds. The molecule has 1 fully saturated rings. The Hall–Kier alpha value is -0.390. The molecule has 3 nitrogen and oxygen atoms in total. The average molecular weight is 289 g/mol. The second-order valence-electron chi connectivity index (χ2n) is 3.58. The number of hydrogen-bond acceptors (Lipinski definition) is 3. The third kappa shape index (κ3) is 2.52. The maximum Gasteiger partial charge on any atom is 0.222 e. The summed E-state index contributed by atoms with van der Waals surface area (Å²) >= 11 is 2.20. The Labute approximate surface area is 91.5 Å². The summed E-state index contributed by atoms with van der Waals surface area (Å²) in [5.41, 5.74) is 0. The Bertz CT molecular complexity index is 285. The van der Waals surface area contributed by atoms with E-state index in [9.17, 15) is 0 Å². The molecule has 70 valence electrons. The van der Waals surface area contributed by atoms with E-state index in [1.165, 1.54) is 6.42 Å². The molecule has 0 radical (unpaired) electrons. The molecular weight excluding hydrogens is 277 g/mol. The van der Waals surface area contributed by atoms with Crippen LogP contribution in [0.1, 0.15) is 13.3 Å². The number of hydrogen-bond donors (Lipinski definition) is 1. The molecule has 13 heavy (non-hydrogen) atoms. The van der Waals surface area contributed by atoms with Crippen molar-refractivity contribution in [2.45, 2.75) is 13.3 Å². The highest BCUT2D eigenvalue weighted by atomic mass is 127. The maximum absolute atomic E-state index is 4.17. The smallest absolute Gasteiger partial charge is 0.222 e. The number of halogens is 1. The van der Waals surface area contributed by atoms with Gasteiger partial charge in [0.15, 0.2) is 0 Å². The number of nitrogens with zero attached hydrogens (tertiary/aromatic N) is 2. The minimum Gasteiger partial charge on any atom is -0.354 e. The van der Waals surface area contributed by atoms with Crippen LogP contribution in [0.15, 0.2) is 12.4 Å². The first-order chi connectivity index (χ1) is 6.25. The lowest BCUT2D eigenvalue weighted by Crippen LogP contribution is -2.07. The molecular formula is C9H12IN3. The highest BCUT2D eigenvalue weighted by Gasteiger charge is 2.31. The number of anilines is 1. The summed E-state index contributed by atoms with van der Waals surface area (Å²) in [6, 6.07) is 0. The van der Waals surface area contributed by atoms with Crippen LogP contribution in [-0.2, 0) is 0 Å². The summed E-state index contributed by atoms with van der Waals surface area (Å²) in [6.07, 6.45) is 5.00. The van der Waals surface area contributed by atoms with Crippen molar-refractivity contribution in [2.24, 2.45) is 11.8 Å². The molecule has 1 heterocycles. The van der Waals surface area contributed by atoms with Gasteiger partial charge in [0.2, 0.25) is 5.95 Å². The van der Waals surface area contributed by atoms with Gasteiger partial charge in [0.25, 0.3) is 0 Å². The monoisotopic (exact) mass is 289 g/mol. The first-order valence-corrected chi connectivity index (χ1v) is 5.55. The third-order valence-corrected chi connectivity index (χ3v) is 2.98. The van der Waals surface area contributed by atoms with Gasteiger partial charge in [-0.2, -0.15) is 0 Å². The molecule has 2 atom stereocenters. The molecule has 2 unspecified atom stereocenters. The van der Waals surface area contributed by atoms with Gasteiger partial charge in [-0.1, -0.05) is 6.92 Å². The molecule has 4 heteroatoms. The van der Waals surface area contributed by atoms with Gasteiger partial charge < -0.3 is 5.32 Å². The van der Waals surface area contributed by atoms with Crippen LogP contribution >= 0.6 is 22.6 Å². The van der Waals surface area contributed by atoms with Crippen LogP contribution in [0, 0.1) is 15.4 Å². The number of rotatable bonds is 3. The van der Waals surface area contributed by atoms with Crippen LogP contribution in [0.25, 0.3) is 0 Å². The maximum atomic E-state index is 4.17. The van der Waals surface area contributed by atoms with Crippen molar-refractivity contribution in [3.05, 3.63) is 16.0 Å². The van der Waals surface area contributed by atoms with Gasteiger partial charge >= 0.3 is 0 Å². The lowest BCUT2D eigenvalue weighted by atomic mass is 10.3. The number of nitrogens with one attached hydrogen (secondary N) is 1. The second kappa shape index (κ2) is 3.77. The molecule has 0 bridgehead atoms. The summed E-state index contributed by atoms with van der Waals surface area (Å²) in [6.45, 7) is 3.29. The summed E-state index contributed by atoms with van der Waals surface area (Å²) in [5.74, 6) is 2.47. The van der Waals surface area contributed by atoms with Gasteiger partial charge in [-0.05, 0) is 40.8 Å². The highest BCUT2D eigenvalue weighted by molar-refractivity contribution is 14.1. The SMILES string of the molecule is CC1CC1CNc1ncc(I)cn1. The van der Waals surface area contributed by atoms with E-state index in [-0.39, 0.29) is 0 Å². The van der Waals surface area contributed by atoms with Crippen LogP contribution < -0.4 is 5.32 Å². The minimum absolute atomic E-state index is 0.750. The summed E-state index contributed by atoms with van der Waals surface area (Å²) in [5, 5.41) is 3.24. The fourth-order valence-corrected chi connectivity index (χ4v) is 1.59. The fourth-order valence-electron chi connectivity index (χ4n) is 1.31. The van der Waals surface area contributed by atoms with Gasteiger partial charge in [-0.3, -0.25) is 0 Å². The standard InChI is InChI=1S/C9H12IN3/c1-6-2-7(6)3-11-9-12-4-8(10)5-13-9/h4-7H,2-3H2,1H3,(H,11,12,13). The Morgan fingerprint density at radius 2 is 2.15 bits per heavy atom. The third-order valence-electron chi connectivity index (χ3n) is 2.42. The van der Waals surface area contributed by atoms with E-state index in [1.54, 1.807) is 0 Å². The van der Waals surface area contributed by atoms with E-state index in [1.807, 2.05) is 12.4 Å². The predicted octanol–water partition coefficient (Wildman–Crippen LogP) is 2.15. The van der Waals surface area contributed by atoms with Crippen LogP contribution in [-0.4, -0.2) is 16.5 Å². The summed E-state index contributed by atoms with van der Waals surface area (Å²) < 4.78 is 1.07. The van der Waals surface area contributed by atoms with Crippen LogP contribution in [0.4, 0.5) is 5.95 Å². The molecule has 1 aliphatic carbocycles. The van der Waals surface area contributed by atoms with E-state index in [0.29, 0.717) is 0 Å². The molecule has 0 aliphatic heterocycles. The quantitative estimate of drug-likeness (QED) is 0.866. The van der Waals surface area contributed by atoms with Crippen molar-refractivity contribution < 1.29 is 0 Å². The van der Waals surface area contributed by atoms with E-state index in [4.69, 9.17) is 0 Å². The second-order valence-corrected chi connectivity index (χ2v) is 4.82. The van der Waals surface area contributed by atoms with Crippen molar-refractivity contribution in [2.75, 3.05) is 11.9 Å². The zero-order valence-electron chi connectivity index (χ0n) is 7.50. The molecule has 1 aromatic heterocycles. The molecule has 0 spiro atoms. The van der Waals surface area contributed by atoms with Crippen LogP contribution in [0.5, 0.6) is 0 Å². The zero-order chi connectivity index (χ0) is 9.26. The van der Waals surface area contributed by atoms with Gasteiger partial charge in [0, 0.05) is 22.5 Å². The van der Waals surface area contributed by atoms with E-state index >= 15 is 0 Å². The normalized spacial score (nSPS) is 25.7. The zero-order valence-corrected chi connectivity index (χ0v) is 9.65. The molecule has 1 N–H and O–H groups in total. The van der Waals surface area contributed by atoms with Gasteiger partial charge in [-0.15, -0.1) is 0 Å². The highest BCUT2D eigenvalue weighted by Crippen LogP contribution is 2.37. The van der Waals surface area contributed by atoms with Crippen molar-refractivity contribution in [1.29, 1.82) is 0 Å². The van der Waals surface area contributed by atoms with Crippen LogP contribution in [0.3, 0.4) is 0 Å². The first-order valence-electron chi connectivity index (χ1n) is 4.47. The predicted molar refractivity (Wildman–Crippen MR) is 60.5 cm³/mol. The van der Waals surface area contributed by atoms with Gasteiger partial charge in [-0.25, -0.2) is 9.97 Å². The van der Waals surface area contributed by atoms with Crippen molar-refractivity contribution >= 4 is 28.5 Å². The topological polar surface area (TPSA) is 37.8 Å². The summed E-state index contributed by atoms with van der Waals surface area (Å²) in [4.78, 5) is 8.35. The molecule has 0 aromatic carbocycles. The molecule has 2 rings (SSSR count). The molecule has 1 aromatic rings. The van der Waals surface area contributed by atoms with Crippen molar-refractivity contribution in [3.8, 4) is 0 Å². The van der Waals surface area contributed by atoms with Crippen molar-refractivity contribution in [3.63, 3.8) is 0 Å². The lowest BCUT2D eigenvalue weighted by Gasteiger charge is -2.02. The minimum atomic E-state index is 0.750. The van der Waals surface area contributed by atoms with Gasteiger partial charge in [0.05, 0.1) is 0 Å². The first kappa shape index (κ1) is 9.18. The van der Waals surface area contributed by atoms with E-state index < -0.39 is 0 Å². The van der Waals surface area contributed by atoms with Crippen LogP contribution in [0.2, 0.25) is 0 Å². The van der Waals surface area contributed by atoms with Crippen molar-refractivity contribution in [1.82, 2.24) is 9.97 Å².